The predicted molar refractivity (Wildman–Crippen MR) is 55.6 cm³/mol. The van der Waals surface area contributed by atoms with Gasteiger partial charge in [-0.15, -0.1) is 0 Å². The summed E-state index contributed by atoms with van der Waals surface area (Å²) >= 11 is 0. The minimum Gasteiger partial charge on any atom is -0.364 e. The molecular weight excluding hydrogens is 192 g/mol. The predicted octanol–water partition coefficient (Wildman–Crippen LogP) is 0.952. The molecule has 2 rings (SSSR count). The molecular formula is C10H12N4O. The van der Waals surface area contributed by atoms with Crippen LogP contribution < -0.4 is 5.73 Å². The fraction of sp³-hybridized carbons (Fsp3) is 0.300. The third-order valence-electron chi connectivity index (χ3n) is 2.21. The van der Waals surface area contributed by atoms with Crippen LogP contribution in [0.2, 0.25) is 0 Å². The zero-order chi connectivity index (χ0) is 11.0. The quantitative estimate of drug-likeness (QED) is 0.791. The Labute approximate surface area is 86.9 Å². The van der Waals surface area contributed by atoms with Crippen LogP contribution in [0.15, 0.2) is 18.3 Å². The van der Waals surface area contributed by atoms with Crippen molar-refractivity contribution in [1.82, 2.24) is 14.6 Å². The van der Waals surface area contributed by atoms with Crippen LogP contribution in [0.1, 0.15) is 35.9 Å². The topological polar surface area (TPSA) is 73.3 Å². The summed E-state index contributed by atoms with van der Waals surface area (Å²) in [5, 5.41) is 4.15. The zero-order valence-corrected chi connectivity index (χ0v) is 8.64. The Kier molecular flexibility index (Phi) is 2.15. The number of imidazole rings is 1. The first-order chi connectivity index (χ1) is 7.11. The van der Waals surface area contributed by atoms with Crippen LogP contribution in [0, 0.1) is 0 Å². The molecule has 0 radical (unpaired) electrons. The van der Waals surface area contributed by atoms with Crippen LogP contribution >= 0.6 is 0 Å². The first-order valence-corrected chi connectivity index (χ1v) is 4.74. The van der Waals surface area contributed by atoms with Crippen molar-refractivity contribution in [2.75, 3.05) is 0 Å². The summed E-state index contributed by atoms with van der Waals surface area (Å²) in [5.41, 5.74) is 6.99. The number of carbonyl (C=O) groups is 1. The second kappa shape index (κ2) is 3.34. The number of amides is 1. The van der Waals surface area contributed by atoms with Crippen LogP contribution in [-0.2, 0) is 0 Å². The minimum atomic E-state index is -0.510. The van der Waals surface area contributed by atoms with Gasteiger partial charge in [-0.2, -0.15) is 5.10 Å². The lowest BCUT2D eigenvalue weighted by Gasteiger charge is -2.04. The van der Waals surface area contributed by atoms with Crippen molar-refractivity contribution in [1.29, 1.82) is 0 Å². The molecule has 5 heteroatoms. The van der Waals surface area contributed by atoms with Crippen molar-refractivity contribution in [3.63, 3.8) is 0 Å². The highest BCUT2D eigenvalue weighted by molar-refractivity contribution is 5.93. The SMILES string of the molecule is CC(C)c1c(C(N)=O)nc2cccnn12. The summed E-state index contributed by atoms with van der Waals surface area (Å²) in [6.45, 7) is 3.95. The van der Waals surface area contributed by atoms with E-state index in [-0.39, 0.29) is 5.92 Å². The van der Waals surface area contributed by atoms with Gasteiger partial charge in [-0.05, 0) is 18.1 Å². The fourth-order valence-corrected chi connectivity index (χ4v) is 1.61. The maximum Gasteiger partial charge on any atom is 0.269 e. The van der Waals surface area contributed by atoms with Crippen molar-refractivity contribution < 1.29 is 4.79 Å². The fourth-order valence-electron chi connectivity index (χ4n) is 1.61. The standard InChI is InChI=1S/C10H12N4O/c1-6(2)9-8(10(11)15)13-7-4-3-5-12-14(7)9/h3-6H,1-2H3,(H2,11,15). The molecule has 0 spiro atoms. The molecule has 0 unspecified atom stereocenters. The normalized spacial score (nSPS) is 11.1. The van der Waals surface area contributed by atoms with E-state index >= 15 is 0 Å². The number of primary amides is 1. The maximum absolute atomic E-state index is 11.2. The number of nitrogens with two attached hydrogens (primary N) is 1. The van der Waals surface area contributed by atoms with Gasteiger partial charge in [-0.1, -0.05) is 13.8 Å². The molecule has 0 aliphatic heterocycles. The lowest BCUT2D eigenvalue weighted by molar-refractivity contribution is 0.0994. The Morgan fingerprint density at radius 1 is 1.53 bits per heavy atom. The number of fused-ring (bicyclic) bond motifs is 1. The van der Waals surface area contributed by atoms with E-state index in [1.54, 1.807) is 22.8 Å². The maximum atomic E-state index is 11.2. The van der Waals surface area contributed by atoms with E-state index in [9.17, 15) is 4.79 Å². The van der Waals surface area contributed by atoms with Crippen LogP contribution in [0.5, 0.6) is 0 Å². The van der Waals surface area contributed by atoms with E-state index in [2.05, 4.69) is 10.1 Å². The highest BCUT2D eigenvalue weighted by atomic mass is 16.1. The first-order valence-electron chi connectivity index (χ1n) is 4.74. The number of aromatic nitrogens is 3. The molecule has 15 heavy (non-hydrogen) atoms. The van der Waals surface area contributed by atoms with Crippen molar-refractivity contribution in [3.05, 3.63) is 29.7 Å². The molecule has 5 nitrogen and oxygen atoms in total. The van der Waals surface area contributed by atoms with Gasteiger partial charge in [0.25, 0.3) is 5.91 Å². The van der Waals surface area contributed by atoms with Crippen molar-refractivity contribution >= 4 is 11.6 Å². The van der Waals surface area contributed by atoms with Gasteiger partial charge in [0.2, 0.25) is 0 Å². The highest BCUT2D eigenvalue weighted by Gasteiger charge is 2.19. The van der Waals surface area contributed by atoms with Gasteiger partial charge >= 0.3 is 0 Å². The van der Waals surface area contributed by atoms with Crippen molar-refractivity contribution in [2.45, 2.75) is 19.8 Å². The molecule has 2 aromatic rings. The monoisotopic (exact) mass is 204 g/mol. The summed E-state index contributed by atoms with van der Waals surface area (Å²) in [7, 11) is 0. The Morgan fingerprint density at radius 2 is 2.27 bits per heavy atom. The Morgan fingerprint density at radius 3 is 2.87 bits per heavy atom. The second-order valence-corrected chi connectivity index (χ2v) is 3.66. The molecule has 0 aromatic carbocycles. The lowest BCUT2D eigenvalue weighted by atomic mass is 10.1. The number of rotatable bonds is 2. The van der Waals surface area contributed by atoms with Crippen molar-refractivity contribution in [2.24, 2.45) is 5.73 Å². The molecule has 2 heterocycles. The van der Waals surface area contributed by atoms with Crippen LogP contribution in [-0.4, -0.2) is 20.5 Å². The van der Waals surface area contributed by atoms with Gasteiger partial charge in [0.15, 0.2) is 11.3 Å². The Hall–Kier alpha value is -1.91. The molecule has 0 aliphatic rings. The molecule has 1 amide bonds. The lowest BCUT2D eigenvalue weighted by Crippen LogP contribution is -2.15. The smallest absolute Gasteiger partial charge is 0.269 e. The Bertz CT molecular complexity index is 515. The zero-order valence-electron chi connectivity index (χ0n) is 8.64. The second-order valence-electron chi connectivity index (χ2n) is 3.66. The Balaban J connectivity index is 2.80. The molecule has 2 aromatic heterocycles. The highest BCUT2D eigenvalue weighted by Crippen LogP contribution is 2.19. The van der Waals surface area contributed by atoms with E-state index in [1.165, 1.54) is 0 Å². The molecule has 0 aliphatic carbocycles. The van der Waals surface area contributed by atoms with Gasteiger partial charge < -0.3 is 5.73 Å². The molecule has 0 bridgehead atoms. The average Bonchev–Trinajstić information content (AvgIpc) is 2.56. The van der Waals surface area contributed by atoms with E-state index in [0.717, 1.165) is 5.69 Å². The summed E-state index contributed by atoms with van der Waals surface area (Å²) in [5.74, 6) is -0.360. The molecule has 0 atom stereocenters. The van der Waals surface area contributed by atoms with Gasteiger partial charge in [-0.3, -0.25) is 4.79 Å². The minimum absolute atomic E-state index is 0.150. The molecule has 0 saturated heterocycles. The molecule has 78 valence electrons. The van der Waals surface area contributed by atoms with Crippen LogP contribution in [0.3, 0.4) is 0 Å². The number of hydrogen-bond acceptors (Lipinski definition) is 3. The van der Waals surface area contributed by atoms with Crippen LogP contribution in [0.25, 0.3) is 5.65 Å². The summed E-state index contributed by atoms with van der Waals surface area (Å²) in [6.07, 6.45) is 1.66. The summed E-state index contributed by atoms with van der Waals surface area (Å²) < 4.78 is 1.66. The first kappa shape index (κ1) is 9.64. The van der Waals surface area contributed by atoms with E-state index in [1.807, 2.05) is 13.8 Å². The largest absolute Gasteiger partial charge is 0.364 e. The average molecular weight is 204 g/mol. The van der Waals surface area contributed by atoms with Crippen LogP contribution in [0.4, 0.5) is 0 Å². The van der Waals surface area contributed by atoms with E-state index < -0.39 is 5.91 Å². The van der Waals surface area contributed by atoms with Gasteiger partial charge in [0.1, 0.15) is 0 Å². The van der Waals surface area contributed by atoms with Gasteiger partial charge in [-0.25, -0.2) is 9.50 Å². The third-order valence-corrected chi connectivity index (χ3v) is 2.21. The summed E-state index contributed by atoms with van der Waals surface area (Å²) in [4.78, 5) is 15.4. The van der Waals surface area contributed by atoms with E-state index in [0.29, 0.717) is 11.3 Å². The summed E-state index contributed by atoms with van der Waals surface area (Å²) in [6, 6.07) is 3.57. The third kappa shape index (κ3) is 1.45. The molecule has 2 N–H and O–H groups in total. The van der Waals surface area contributed by atoms with Gasteiger partial charge in [0.05, 0.1) is 5.69 Å². The number of hydrogen-bond donors (Lipinski definition) is 1. The number of carbonyl (C=O) groups excluding carboxylic acids is 1. The van der Waals surface area contributed by atoms with Gasteiger partial charge in [0, 0.05) is 6.20 Å². The van der Waals surface area contributed by atoms with E-state index in [4.69, 9.17) is 5.73 Å². The van der Waals surface area contributed by atoms with Crippen molar-refractivity contribution in [3.8, 4) is 0 Å². The molecule has 0 fully saturated rings. The number of nitrogens with zero attached hydrogens (tertiary/aromatic N) is 3. The molecule has 0 saturated carbocycles.